The number of nitrogens with two attached hydrogens (primary N) is 1. The Morgan fingerprint density at radius 1 is 1.31 bits per heavy atom. The molecule has 1 aliphatic carbocycles. The van der Waals surface area contributed by atoms with Gasteiger partial charge in [-0.2, -0.15) is 0 Å². The number of hydrogen-bond acceptors (Lipinski definition) is 5. The van der Waals surface area contributed by atoms with E-state index in [4.69, 9.17) is 5.73 Å². The molecular formula is C21H25N3O4S. The molecule has 1 atom stereocenters. The van der Waals surface area contributed by atoms with Crippen LogP contribution in [0.15, 0.2) is 18.2 Å². The molecule has 0 radical (unpaired) electrons. The van der Waals surface area contributed by atoms with Crippen LogP contribution in [0.3, 0.4) is 0 Å². The first-order valence-electron chi connectivity index (χ1n) is 9.49. The number of aryl methyl sites for hydroxylation is 1. The molecule has 1 aromatic heterocycles. The molecule has 0 saturated carbocycles. The molecule has 3 N–H and O–H groups in total. The molecular weight excluding hydrogens is 390 g/mol. The third kappa shape index (κ3) is 4.17. The van der Waals surface area contributed by atoms with Gasteiger partial charge in [-0.3, -0.25) is 19.7 Å². The summed E-state index contributed by atoms with van der Waals surface area (Å²) in [6.45, 7) is 8.22. The number of hydrogen-bond donors (Lipinski definition) is 2. The van der Waals surface area contributed by atoms with Crippen LogP contribution in [-0.4, -0.2) is 16.7 Å². The van der Waals surface area contributed by atoms with Gasteiger partial charge in [-0.1, -0.05) is 20.8 Å². The summed E-state index contributed by atoms with van der Waals surface area (Å²) >= 11 is 1.40. The Morgan fingerprint density at radius 3 is 2.55 bits per heavy atom. The molecule has 8 heteroatoms. The quantitative estimate of drug-likeness (QED) is 0.566. The average Bonchev–Trinajstić information content (AvgIpc) is 2.97. The van der Waals surface area contributed by atoms with Crippen molar-refractivity contribution in [2.45, 2.75) is 47.0 Å². The van der Waals surface area contributed by atoms with Crippen LogP contribution >= 0.6 is 11.3 Å². The normalized spacial score (nSPS) is 16.2. The molecule has 1 aliphatic rings. The summed E-state index contributed by atoms with van der Waals surface area (Å²) in [5.74, 6) is -0.474. The smallest absolute Gasteiger partial charge is 0.272 e. The van der Waals surface area contributed by atoms with Gasteiger partial charge in [-0.15, -0.1) is 11.3 Å². The maximum Gasteiger partial charge on any atom is 0.272 e. The molecule has 2 amide bonds. The summed E-state index contributed by atoms with van der Waals surface area (Å²) in [5, 5.41) is 14.2. The zero-order chi connectivity index (χ0) is 21.5. The average molecular weight is 416 g/mol. The van der Waals surface area contributed by atoms with Gasteiger partial charge in [0.1, 0.15) is 5.00 Å². The van der Waals surface area contributed by atoms with Crippen LogP contribution in [0.5, 0.6) is 0 Å². The van der Waals surface area contributed by atoms with Gasteiger partial charge in [0.2, 0.25) is 0 Å². The maximum atomic E-state index is 12.7. The largest absolute Gasteiger partial charge is 0.365 e. The van der Waals surface area contributed by atoms with Crippen LogP contribution < -0.4 is 11.1 Å². The molecule has 1 aromatic carbocycles. The highest BCUT2D eigenvalue weighted by molar-refractivity contribution is 7.17. The third-order valence-electron chi connectivity index (χ3n) is 5.62. The van der Waals surface area contributed by atoms with Crippen molar-refractivity contribution < 1.29 is 14.5 Å². The van der Waals surface area contributed by atoms with Crippen LogP contribution in [0.25, 0.3) is 0 Å². The predicted molar refractivity (Wildman–Crippen MR) is 114 cm³/mol. The number of fused-ring (bicyclic) bond motifs is 1. The minimum absolute atomic E-state index is 0.0424. The Balaban J connectivity index is 1.91. The minimum atomic E-state index is -0.549. The lowest BCUT2D eigenvalue weighted by Gasteiger charge is -2.33. The highest BCUT2D eigenvalue weighted by atomic mass is 32.1. The van der Waals surface area contributed by atoms with Crippen LogP contribution in [0, 0.1) is 28.4 Å². The van der Waals surface area contributed by atoms with Crippen LogP contribution in [0.1, 0.15) is 63.9 Å². The van der Waals surface area contributed by atoms with Gasteiger partial charge in [0, 0.05) is 22.1 Å². The second-order valence-electron chi connectivity index (χ2n) is 8.59. The molecule has 154 valence electrons. The predicted octanol–water partition coefficient (Wildman–Crippen LogP) is 4.47. The number of carbonyl (C=O) groups is 2. The lowest BCUT2D eigenvalue weighted by Crippen LogP contribution is -2.27. The number of nitro groups is 1. The highest BCUT2D eigenvalue weighted by Crippen LogP contribution is 2.44. The number of benzene rings is 1. The van der Waals surface area contributed by atoms with Crippen molar-refractivity contribution in [3.05, 3.63) is 55.4 Å². The summed E-state index contributed by atoms with van der Waals surface area (Å²) in [5.41, 5.74) is 7.78. The van der Waals surface area contributed by atoms with Gasteiger partial charge in [-0.25, -0.2) is 0 Å². The van der Waals surface area contributed by atoms with E-state index in [1.165, 1.54) is 29.5 Å². The van der Waals surface area contributed by atoms with Gasteiger partial charge in [-0.05, 0) is 55.2 Å². The van der Waals surface area contributed by atoms with Crippen LogP contribution in [-0.2, 0) is 12.8 Å². The van der Waals surface area contributed by atoms with E-state index in [2.05, 4.69) is 26.1 Å². The van der Waals surface area contributed by atoms with Gasteiger partial charge >= 0.3 is 0 Å². The molecule has 0 unspecified atom stereocenters. The molecule has 0 saturated heterocycles. The van der Waals surface area contributed by atoms with Crippen molar-refractivity contribution in [2.24, 2.45) is 17.1 Å². The van der Waals surface area contributed by atoms with Gasteiger partial charge in [0.05, 0.1) is 10.5 Å². The SMILES string of the molecule is Cc1cc(C(=O)Nc2sc3c(c2C(N)=O)CC[C@@H](C(C)(C)C)C3)ccc1[N+](=O)[O-]. The Hall–Kier alpha value is -2.74. The van der Waals surface area contributed by atoms with E-state index in [0.717, 1.165) is 29.7 Å². The van der Waals surface area contributed by atoms with E-state index in [1.807, 2.05) is 0 Å². The highest BCUT2D eigenvalue weighted by Gasteiger charge is 2.33. The molecule has 0 aliphatic heterocycles. The third-order valence-corrected chi connectivity index (χ3v) is 6.79. The Kier molecular flexibility index (Phi) is 5.49. The zero-order valence-corrected chi connectivity index (χ0v) is 17.8. The van der Waals surface area contributed by atoms with Crippen molar-refractivity contribution in [1.29, 1.82) is 0 Å². The summed E-state index contributed by atoms with van der Waals surface area (Å²) in [6.07, 6.45) is 2.59. The molecule has 0 spiro atoms. The zero-order valence-electron chi connectivity index (χ0n) is 17.0. The van der Waals surface area contributed by atoms with Gasteiger partial charge < -0.3 is 11.1 Å². The molecule has 3 rings (SSSR count). The number of anilines is 1. The number of nitrogens with one attached hydrogen (secondary N) is 1. The van der Waals surface area contributed by atoms with E-state index in [-0.39, 0.29) is 11.1 Å². The molecule has 0 bridgehead atoms. The summed E-state index contributed by atoms with van der Waals surface area (Å²) in [4.78, 5) is 36.5. The number of rotatable bonds is 4. The number of carbonyl (C=O) groups excluding carboxylic acids is 2. The fourth-order valence-electron chi connectivity index (χ4n) is 3.85. The van der Waals surface area contributed by atoms with Crippen molar-refractivity contribution >= 4 is 33.8 Å². The molecule has 0 fully saturated rings. The monoisotopic (exact) mass is 415 g/mol. The van der Waals surface area contributed by atoms with Crippen molar-refractivity contribution in [1.82, 2.24) is 0 Å². The minimum Gasteiger partial charge on any atom is -0.365 e. The summed E-state index contributed by atoms with van der Waals surface area (Å²) in [7, 11) is 0. The second-order valence-corrected chi connectivity index (χ2v) is 9.70. The Morgan fingerprint density at radius 2 is 2.00 bits per heavy atom. The number of primary amides is 1. The maximum absolute atomic E-state index is 12.7. The Labute approximate surface area is 173 Å². The molecule has 1 heterocycles. The van der Waals surface area contributed by atoms with E-state index in [9.17, 15) is 19.7 Å². The first kappa shape index (κ1) is 21.0. The fraction of sp³-hybridized carbons (Fsp3) is 0.429. The lowest BCUT2D eigenvalue weighted by atomic mass is 9.72. The van der Waals surface area contributed by atoms with Gasteiger partial charge in [0.25, 0.3) is 17.5 Å². The first-order valence-corrected chi connectivity index (χ1v) is 10.3. The summed E-state index contributed by atoms with van der Waals surface area (Å²) < 4.78 is 0. The van der Waals surface area contributed by atoms with Gasteiger partial charge in [0.15, 0.2) is 0 Å². The topological polar surface area (TPSA) is 115 Å². The lowest BCUT2D eigenvalue weighted by molar-refractivity contribution is -0.385. The van der Waals surface area contributed by atoms with Crippen molar-refractivity contribution in [3.63, 3.8) is 0 Å². The Bertz CT molecular complexity index is 1000. The molecule has 7 nitrogen and oxygen atoms in total. The van der Waals surface area contributed by atoms with E-state index in [0.29, 0.717) is 27.6 Å². The number of amides is 2. The van der Waals surface area contributed by atoms with Crippen LogP contribution in [0.4, 0.5) is 10.7 Å². The van der Waals surface area contributed by atoms with Crippen LogP contribution in [0.2, 0.25) is 0 Å². The summed E-state index contributed by atoms with van der Waals surface area (Å²) in [6, 6.07) is 4.20. The second kappa shape index (κ2) is 7.59. The number of thiophene rings is 1. The molecule has 29 heavy (non-hydrogen) atoms. The number of nitrogens with zero attached hydrogens (tertiary/aromatic N) is 1. The number of nitro benzene ring substituents is 1. The van der Waals surface area contributed by atoms with E-state index < -0.39 is 16.7 Å². The van der Waals surface area contributed by atoms with E-state index >= 15 is 0 Å². The first-order chi connectivity index (χ1) is 13.5. The van der Waals surface area contributed by atoms with Crippen molar-refractivity contribution in [3.8, 4) is 0 Å². The van der Waals surface area contributed by atoms with E-state index in [1.54, 1.807) is 6.92 Å². The standard InChI is InChI=1S/C21H25N3O4S/c1-11-9-12(5-8-15(11)24(27)28)19(26)23-20-17(18(22)25)14-7-6-13(21(2,3)4)10-16(14)29-20/h5,8-9,13H,6-7,10H2,1-4H3,(H2,22,25)(H,23,26)/t13-/m1/s1. The molecule has 2 aromatic rings. The fourth-order valence-corrected chi connectivity index (χ4v) is 5.18. The van der Waals surface area contributed by atoms with Crippen molar-refractivity contribution in [2.75, 3.05) is 5.32 Å².